The van der Waals surface area contributed by atoms with Gasteiger partial charge in [-0.3, -0.25) is 9.69 Å². The lowest BCUT2D eigenvalue weighted by molar-refractivity contribution is -0.150. The second kappa shape index (κ2) is 6.48. The minimum Gasteiger partial charge on any atom is -0.466 e. The number of hydrogen-bond donors (Lipinski definition) is 1. The molecular formula is C17H23N3O2. The molecule has 0 spiro atoms. The predicted octanol–water partition coefficient (Wildman–Crippen LogP) is 2.65. The molecular weight excluding hydrogens is 278 g/mol. The third-order valence-corrected chi connectivity index (χ3v) is 4.19. The van der Waals surface area contributed by atoms with Gasteiger partial charge in [0.25, 0.3) is 0 Å². The number of benzene rings is 1. The van der Waals surface area contributed by atoms with Crippen LogP contribution in [-0.4, -0.2) is 40.5 Å². The number of esters is 1. The van der Waals surface area contributed by atoms with E-state index < -0.39 is 0 Å². The maximum atomic E-state index is 11.9. The fourth-order valence-electron chi connectivity index (χ4n) is 3.11. The van der Waals surface area contributed by atoms with E-state index in [0.29, 0.717) is 6.61 Å². The van der Waals surface area contributed by atoms with Crippen molar-refractivity contribution in [3.05, 3.63) is 29.6 Å². The van der Waals surface area contributed by atoms with Crippen LogP contribution in [0.2, 0.25) is 0 Å². The molecule has 5 nitrogen and oxygen atoms in total. The highest BCUT2D eigenvalue weighted by atomic mass is 16.5. The zero-order valence-electron chi connectivity index (χ0n) is 13.3. The zero-order valence-corrected chi connectivity index (χ0v) is 13.3. The van der Waals surface area contributed by atoms with E-state index in [9.17, 15) is 4.79 Å². The molecule has 0 bridgehead atoms. The minimum absolute atomic E-state index is 0.000299. The van der Waals surface area contributed by atoms with Gasteiger partial charge >= 0.3 is 5.97 Å². The third kappa shape index (κ3) is 3.30. The molecule has 118 valence electrons. The maximum Gasteiger partial charge on any atom is 0.310 e. The van der Waals surface area contributed by atoms with E-state index in [1.165, 1.54) is 5.56 Å². The van der Waals surface area contributed by atoms with Gasteiger partial charge in [0.05, 0.1) is 30.1 Å². The number of ether oxygens (including phenoxy) is 1. The topological polar surface area (TPSA) is 58.2 Å². The van der Waals surface area contributed by atoms with Gasteiger partial charge in [-0.15, -0.1) is 0 Å². The molecule has 5 heteroatoms. The largest absolute Gasteiger partial charge is 0.466 e. The Morgan fingerprint density at radius 2 is 2.36 bits per heavy atom. The standard InChI is InChI=1S/C17H23N3O2/c1-3-22-17(21)13-5-4-8-20(10-13)11-16-18-14-7-6-12(2)9-15(14)19-16/h6-7,9,13H,3-5,8,10-11H2,1-2H3,(H,18,19). The molecule has 1 aromatic heterocycles. The van der Waals surface area contributed by atoms with Crippen molar-refractivity contribution in [2.24, 2.45) is 5.92 Å². The Kier molecular flexibility index (Phi) is 4.43. The van der Waals surface area contributed by atoms with E-state index in [4.69, 9.17) is 4.74 Å². The lowest BCUT2D eigenvalue weighted by atomic mass is 9.98. The number of nitrogens with one attached hydrogen (secondary N) is 1. The van der Waals surface area contributed by atoms with Crippen LogP contribution >= 0.6 is 0 Å². The Hall–Kier alpha value is -1.88. The summed E-state index contributed by atoms with van der Waals surface area (Å²) < 4.78 is 5.15. The highest BCUT2D eigenvalue weighted by Crippen LogP contribution is 2.20. The van der Waals surface area contributed by atoms with Crippen LogP contribution in [0, 0.1) is 12.8 Å². The summed E-state index contributed by atoms with van der Waals surface area (Å²) >= 11 is 0. The molecule has 0 amide bonds. The summed E-state index contributed by atoms with van der Waals surface area (Å²) in [5, 5.41) is 0. The van der Waals surface area contributed by atoms with Crippen LogP contribution in [0.5, 0.6) is 0 Å². The molecule has 1 N–H and O–H groups in total. The number of likely N-dealkylation sites (tertiary alicyclic amines) is 1. The number of fused-ring (bicyclic) bond motifs is 1. The summed E-state index contributed by atoms with van der Waals surface area (Å²) in [6.45, 7) is 6.91. The Balaban J connectivity index is 1.67. The number of carbonyl (C=O) groups excluding carboxylic acids is 1. The average molecular weight is 301 g/mol. The molecule has 1 aliphatic heterocycles. The molecule has 3 rings (SSSR count). The number of imidazole rings is 1. The average Bonchev–Trinajstić information content (AvgIpc) is 2.89. The van der Waals surface area contributed by atoms with Gasteiger partial charge in [-0.2, -0.15) is 0 Å². The first kappa shape index (κ1) is 15.0. The first-order chi connectivity index (χ1) is 10.7. The highest BCUT2D eigenvalue weighted by molar-refractivity contribution is 5.75. The van der Waals surface area contributed by atoms with E-state index in [1.54, 1.807) is 0 Å². The van der Waals surface area contributed by atoms with E-state index >= 15 is 0 Å². The summed E-state index contributed by atoms with van der Waals surface area (Å²) in [4.78, 5) is 22.2. The van der Waals surface area contributed by atoms with Gasteiger partial charge in [-0.25, -0.2) is 4.98 Å². The number of rotatable bonds is 4. The molecule has 1 fully saturated rings. The molecule has 1 atom stereocenters. The number of H-pyrrole nitrogens is 1. The summed E-state index contributed by atoms with van der Waals surface area (Å²) in [7, 11) is 0. The first-order valence-corrected chi connectivity index (χ1v) is 8.00. The highest BCUT2D eigenvalue weighted by Gasteiger charge is 2.27. The molecule has 1 saturated heterocycles. The third-order valence-electron chi connectivity index (χ3n) is 4.19. The Morgan fingerprint density at radius 1 is 1.50 bits per heavy atom. The lowest BCUT2D eigenvalue weighted by Crippen LogP contribution is -2.39. The summed E-state index contributed by atoms with van der Waals surface area (Å²) in [6, 6.07) is 6.23. The van der Waals surface area contributed by atoms with Gasteiger partial charge in [0.1, 0.15) is 5.82 Å². The van der Waals surface area contributed by atoms with Crippen molar-refractivity contribution in [3.8, 4) is 0 Å². The number of hydrogen-bond acceptors (Lipinski definition) is 4. The zero-order chi connectivity index (χ0) is 15.5. The van der Waals surface area contributed by atoms with Crippen molar-refractivity contribution in [2.75, 3.05) is 19.7 Å². The van der Waals surface area contributed by atoms with Crippen LogP contribution in [0.1, 0.15) is 31.2 Å². The van der Waals surface area contributed by atoms with Gasteiger partial charge in [0.2, 0.25) is 0 Å². The minimum atomic E-state index is -0.0626. The predicted molar refractivity (Wildman–Crippen MR) is 85.5 cm³/mol. The van der Waals surface area contributed by atoms with E-state index in [1.807, 2.05) is 13.0 Å². The van der Waals surface area contributed by atoms with Crippen molar-refractivity contribution in [1.29, 1.82) is 0 Å². The fourth-order valence-corrected chi connectivity index (χ4v) is 3.11. The normalized spacial score (nSPS) is 19.5. The maximum absolute atomic E-state index is 11.9. The van der Waals surface area contributed by atoms with Crippen LogP contribution in [0.4, 0.5) is 0 Å². The summed E-state index contributed by atoms with van der Waals surface area (Å²) in [6.07, 6.45) is 1.96. The van der Waals surface area contributed by atoms with Crippen molar-refractivity contribution in [2.45, 2.75) is 33.2 Å². The second-order valence-electron chi connectivity index (χ2n) is 6.03. The van der Waals surface area contributed by atoms with Crippen molar-refractivity contribution in [3.63, 3.8) is 0 Å². The van der Waals surface area contributed by atoms with E-state index in [-0.39, 0.29) is 11.9 Å². The van der Waals surface area contributed by atoms with Crippen molar-refractivity contribution < 1.29 is 9.53 Å². The number of aromatic amines is 1. The molecule has 1 aliphatic rings. The molecule has 22 heavy (non-hydrogen) atoms. The SMILES string of the molecule is CCOC(=O)C1CCCN(Cc2nc3ccc(C)cc3[nH]2)C1. The van der Waals surface area contributed by atoms with Crippen molar-refractivity contribution in [1.82, 2.24) is 14.9 Å². The Labute approximate surface area is 130 Å². The molecule has 0 aliphatic carbocycles. The summed E-state index contributed by atoms with van der Waals surface area (Å²) in [5.41, 5.74) is 3.30. The van der Waals surface area contributed by atoms with Gasteiger partial charge < -0.3 is 9.72 Å². The van der Waals surface area contributed by atoms with Gasteiger partial charge in [-0.05, 0) is 50.9 Å². The Morgan fingerprint density at radius 3 is 3.18 bits per heavy atom. The van der Waals surface area contributed by atoms with Gasteiger partial charge in [-0.1, -0.05) is 6.07 Å². The first-order valence-electron chi connectivity index (χ1n) is 8.00. The lowest BCUT2D eigenvalue weighted by Gasteiger charge is -2.30. The summed E-state index contributed by atoms with van der Waals surface area (Å²) in [5.74, 6) is 0.901. The number of nitrogens with zero attached hydrogens (tertiary/aromatic N) is 2. The molecule has 0 saturated carbocycles. The van der Waals surface area contributed by atoms with E-state index in [0.717, 1.165) is 49.3 Å². The number of aryl methyl sites for hydroxylation is 1. The van der Waals surface area contributed by atoms with Gasteiger partial charge in [0.15, 0.2) is 0 Å². The van der Waals surface area contributed by atoms with E-state index in [2.05, 4.69) is 33.9 Å². The second-order valence-corrected chi connectivity index (χ2v) is 6.03. The molecule has 1 aromatic carbocycles. The van der Waals surface area contributed by atoms with Gasteiger partial charge in [0, 0.05) is 6.54 Å². The number of piperidine rings is 1. The van der Waals surface area contributed by atoms with Crippen LogP contribution < -0.4 is 0 Å². The Bertz CT molecular complexity index is 665. The van der Waals surface area contributed by atoms with Crippen LogP contribution in [0.3, 0.4) is 0 Å². The smallest absolute Gasteiger partial charge is 0.310 e. The molecule has 1 unspecified atom stereocenters. The number of carbonyl (C=O) groups is 1. The molecule has 2 aromatic rings. The fraction of sp³-hybridized carbons (Fsp3) is 0.529. The number of aromatic nitrogens is 2. The quantitative estimate of drug-likeness (QED) is 0.882. The van der Waals surface area contributed by atoms with Crippen LogP contribution in [0.25, 0.3) is 11.0 Å². The van der Waals surface area contributed by atoms with Crippen molar-refractivity contribution >= 4 is 17.0 Å². The monoisotopic (exact) mass is 301 g/mol. The van der Waals surface area contributed by atoms with Crippen LogP contribution in [-0.2, 0) is 16.1 Å². The molecule has 2 heterocycles. The van der Waals surface area contributed by atoms with Crippen LogP contribution in [0.15, 0.2) is 18.2 Å². The molecule has 0 radical (unpaired) electrons.